The summed E-state index contributed by atoms with van der Waals surface area (Å²) in [6.45, 7) is 0. The van der Waals surface area contributed by atoms with Gasteiger partial charge in [-0.2, -0.15) is 5.26 Å². The van der Waals surface area contributed by atoms with Crippen molar-refractivity contribution in [3.63, 3.8) is 0 Å². The van der Waals surface area contributed by atoms with Crippen LogP contribution in [0.5, 0.6) is 0 Å². The normalized spacial score (nSPS) is 11.6. The maximum absolute atomic E-state index is 9.95. The minimum absolute atomic E-state index is 0.609. The van der Waals surface area contributed by atoms with Crippen LogP contribution in [0.25, 0.3) is 88.5 Å². The van der Waals surface area contributed by atoms with E-state index < -0.39 is 0 Å². The average molecular weight is 638 g/mol. The molecule has 3 aromatic heterocycles. The molecule has 0 unspecified atom stereocenters. The zero-order valence-corrected chi connectivity index (χ0v) is 26.8. The first kappa shape index (κ1) is 28.0. The van der Waals surface area contributed by atoms with Crippen LogP contribution in [0.3, 0.4) is 0 Å². The van der Waals surface area contributed by atoms with Crippen molar-refractivity contribution in [3.05, 3.63) is 169 Å². The number of hydrogen-bond acceptors (Lipinski definition) is 3. The molecule has 0 saturated heterocycles. The number of nitrogens with zero attached hydrogens (tertiary/aromatic N) is 5. The molecule has 0 saturated carbocycles. The van der Waals surface area contributed by atoms with Crippen LogP contribution in [0.15, 0.2) is 164 Å². The molecule has 0 fully saturated rings. The molecule has 10 aromatic rings. The molecule has 0 atom stereocenters. The average Bonchev–Trinajstić information content (AvgIpc) is 3.71. The van der Waals surface area contributed by atoms with Gasteiger partial charge in [-0.05, 0) is 54.6 Å². The van der Waals surface area contributed by atoms with Gasteiger partial charge in [-0.15, -0.1) is 0 Å². The Bertz CT molecular complexity index is 2980. The lowest BCUT2D eigenvalue weighted by Crippen LogP contribution is -1.97. The highest BCUT2D eigenvalue weighted by molar-refractivity contribution is 6.28. The Morgan fingerprint density at radius 1 is 0.480 bits per heavy atom. The minimum Gasteiger partial charge on any atom is -0.309 e. The summed E-state index contributed by atoms with van der Waals surface area (Å²) in [4.78, 5) is 10.5. The van der Waals surface area contributed by atoms with Crippen LogP contribution in [0, 0.1) is 11.3 Å². The predicted molar refractivity (Wildman–Crippen MR) is 204 cm³/mol. The molecule has 5 nitrogen and oxygen atoms in total. The third kappa shape index (κ3) is 4.12. The monoisotopic (exact) mass is 637 g/mol. The first-order valence-corrected chi connectivity index (χ1v) is 16.7. The number of benzene rings is 7. The molecule has 232 valence electrons. The number of rotatable bonds is 4. The molecule has 0 radical (unpaired) electrons. The Morgan fingerprint density at radius 2 is 1.16 bits per heavy atom. The Hall–Kier alpha value is -7.03. The van der Waals surface area contributed by atoms with Crippen LogP contribution in [-0.2, 0) is 0 Å². The SMILES string of the molecule is N#Cc1cccc(-n2c3cccc(-c4nc(-c5ccccc5)c5ccccc5n4)c3c3ccc4c(c5ccccc5n4-c4ccccc4)c32)c1. The van der Waals surface area contributed by atoms with Gasteiger partial charge in [0.15, 0.2) is 5.82 Å². The van der Waals surface area contributed by atoms with Crippen LogP contribution in [-0.4, -0.2) is 19.1 Å². The predicted octanol–water partition coefficient (Wildman–Crippen LogP) is 11.0. The Labute approximate surface area is 287 Å². The molecule has 7 aromatic carbocycles. The van der Waals surface area contributed by atoms with Gasteiger partial charge in [0, 0.05) is 49.4 Å². The summed E-state index contributed by atoms with van der Waals surface area (Å²) in [5, 5.41) is 15.4. The van der Waals surface area contributed by atoms with E-state index in [0.29, 0.717) is 11.4 Å². The molecule has 0 aliphatic carbocycles. The molecule has 0 N–H and O–H groups in total. The maximum Gasteiger partial charge on any atom is 0.161 e. The first-order valence-electron chi connectivity index (χ1n) is 16.7. The number of aromatic nitrogens is 4. The Morgan fingerprint density at radius 3 is 2.00 bits per heavy atom. The van der Waals surface area contributed by atoms with E-state index in [1.807, 2.05) is 48.5 Å². The van der Waals surface area contributed by atoms with Gasteiger partial charge in [0.2, 0.25) is 0 Å². The standard InChI is InChI=1S/C45H27N5/c46-28-29-13-11-18-32(27-29)50-39-24-12-21-36(45-47-37-22-9-7-19-33(37)43(48-45)30-14-3-1-4-15-30)41(39)35-25-26-40-42(44(35)50)34-20-8-10-23-38(34)49(40)31-16-5-2-6-17-31/h1-27H. The molecule has 0 aliphatic rings. The van der Waals surface area contributed by atoms with E-state index in [2.05, 4.69) is 130 Å². The second-order valence-electron chi connectivity index (χ2n) is 12.5. The van der Waals surface area contributed by atoms with Crippen LogP contribution in [0.4, 0.5) is 0 Å². The lowest BCUT2D eigenvalue weighted by Gasteiger charge is -2.11. The summed E-state index contributed by atoms with van der Waals surface area (Å²) in [6.07, 6.45) is 0. The van der Waals surface area contributed by atoms with Crippen molar-refractivity contribution in [1.82, 2.24) is 19.1 Å². The maximum atomic E-state index is 9.95. The summed E-state index contributed by atoms with van der Waals surface area (Å²) in [5.74, 6) is 0.671. The van der Waals surface area contributed by atoms with Crippen molar-refractivity contribution in [2.24, 2.45) is 0 Å². The molecule has 5 heteroatoms. The van der Waals surface area contributed by atoms with Crippen molar-refractivity contribution < 1.29 is 0 Å². The van der Waals surface area contributed by atoms with E-state index in [4.69, 9.17) is 9.97 Å². The van der Waals surface area contributed by atoms with Gasteiger partial charge < -0.3 is 9.13 Å². The van der Waals surface area contributed by atoms with Crippen molar-refractivity contribution in [1.29, 1.82) is 5.26 Å². The second-order valence-corrected chi connectivity index (χ2v) is 12.5. The molecule has 3 heterocycles. The third-order valence-electron chi connectivity index (χ3n) is 9.73. The van der Waals surface area contributed by atoms with Gasteiger partial charge in [0.1, 0.15) is 0 Å². The van der Waals surface area contributed by atoms with Gasteiger partial charge in [0.05, 0.1) is 44.9 Å². The van der Waals surface area contributed by atoms with E-state index in [1.165, 1.54) is 0 Å². The van der Waals surface area contributed by atoms with Gasteiger partial charge >= 0.3 is 0 Å². The molecule has 0 aliphatic heterocycles. The lowest BCUT2D eigenvalue weighted by molar-refractivity contribution is 1.17. The zero-order valence-electron chi connectivity index (χ0n) is 26.8. The number of hydrogen-bond donors (Lipinski definition) is 0. The molecule has 10 rings (SSSR count). The molecule has 50 heavy (non-hydrogen) atoms. The zero-order chi connectivity index (χ0) is 33.2. The van der Waals surface area contributed by atoms with Gasteiger partial charge in [-0.3, -0.25) is 0 Å². The summed E-state index contributed by atoms with van der Waals surface area (Å²) in [7, 11) is 0. The molecule has 0 bridgehead atoms. The van der Waals surface area contributed by atoms with Crippen LogP contribution >= 0.6 is 0 Å². The number of para-hydroxylation sites is 3. The van der Waals surface area contributed by atoms with E-state index >= 15 is 0 Å². The van der Waals surface area contributed by atoms with Gasteiger partial charge in [-0.1, -0.05) is 109 Å². The highest BCUT2D eigenvalue weighted by atomic mass is 15.0. The number of fused-ring (bicyclic) bond motifs is 8. The topological polar surface area (TPSA) is 59.4 Å². The van der Waals surface area contributed by atoms with Crippen LogP contribution in [0.1, 0.15) is 5.56 Å². The smallest absolute Gasteiger partial charge is 0.161 e. The minimum atomic E-state index is 0.609. The second kappa shape index (κ2) is 11.0. The quantitative estimate of drug-likeness (QED) is 0.193. The van der Waals surface area contributed by atoms with E-state index in [-0.39, 0.29) is 0 Å². The van der Waals surface area contributed by atoms with E-state index in [1.54, 1.807) is 0 Å². The fourth-order valence-corrected chi connectivity index (χ4v) is 7.64. The van der Waals surface area contributed by atoms with Crippen molar-refractivity contribution >= 4 is 54.5 Å². The summed E-state index contributed by atoms with van der Waals surface area (Å²) < 4.78 is 4.66. The molecule has 0 amide bonds. The summed E-state index contributed by atoms with van der Waals surface area (Å²) >= 11 is 0. The van der Waals surface area contributed by atoms with Gasteiger partial charge in [0.25, 0.3) is 0 Å². The van der Waals surface area contributed by atoms with Crippen molar-refractivity contribution in [2.75, 3.05) is 0 Å². The Balaban J connectivity index is 1.38. The largest absolute Gasteiger partial charge is 0.309 e. The van der Waals surface area contributed by atoms with E-state index in [0.717, 1.165) is 82.7 Å². The fraction of sp³-hybridized carbons (Fsp3) is 0. The van der Waals surface area contributed by atoms with Crippen molar-refractivity contribution in [2.45, 2.75) is 0 Å². The highest BCUT2D eigenvalue weighted by Crippen LogP contribution is 2.44. The number of nitriles is 1. The highest BCUT2D eigenvalue weighted by Gasteiger charge is 2.24. The van der Waals surface area contributed by atoms with Crippen LogP contribution in [0.2, 0.25) is 0 Å². The fourth-order valence-electron chi connectivity index (χ4n) is 7.64. The molecular weight excluding hydrogens is 611 g/mol. The molecular formula is C45H27N5. The lowest BCUT2D eigenvalue weighted by atomic mass is 10.0. The third-order valence-corrected chi connectivity index (χ3v) is 9.73. The molecule has 0 spiro atoms. The first-order chi connectivity index (χ1) is 24.8. The Kier molecular flexibility index (Phi) is 6.17. The summed E-state index contributed by atoms with van der Waals surface area (Å²) in [6, 6.07) is 58.8. The van der Waals surface area contributed by atoms with Crippen LogP contribution < -0.4 is 0 Å². The van der Waals surface area contributed by atoms with E-state index in [9.17, 15) is 5.26 Å². The summed E-state index contributed by atoms with van der Waals surface area (Å²) in [5.41, 5.74) is 10.8. The van der Waals surface area contributed by atoms with Crippen molar-refractivity contribution in [3.8, 4) is 40.1 Å². The van der Waals surface area contributed by atoms with Gasteiger partial charge in [-0.25, -0.2) is 9.97 Å².